The number of carbonyl (C=O) groups is 1. The molecule has 0 saturated heterocycles. The minimum absolute atomic E-state index is 0.0284. The number of hydrogen-bond donors (Lipinski definition) is 4. The molecule has 8 nitrogen and oxygen atoms in total. The highest BCUT2D eigenvalue weighted by molar-refractivity contribution is 6.02. The Morgan fingerprint density at radius 3 is 2.65 bits per heavy atom. The summed E-state index contributed by atoms with van der Waals surface area (Å²) in [5.74, 6) is -0.814. The van der Waals surface area contributed by atoms with E-state index in [4.69, 9.17) is 16.2 Å². The third-order valence-corrected chi connectivity index (χ3v) is 5.59. The zero-order valence-electron chi connectivity index (χ0n) is 17.2. The standard InChI is InChI=1S/C22H25FN6O2/c1-31-22-13-7-3-2-6-12(13)18(11-26-22)28-20-14(19(25)30)10-15(23)21(29-20)27-17-9-5-4-8-16(17)24/h2-3,6-7,10-11,16-17H,4-5,8-9,24H2,1H3,(H2,25,30)(H2,27,28,29)/t16-,17+/m0/s1. The van der Waals surface area contributed by atoms with Crippen LogP contribution in [0.15, 0.2) is 36.5 Å². The Morgan fingerprint density at radius 1 is 1.19 bits per heavy atom. The minimum Gasteiger partial charge on any atom is -0.481 e. The zero-order valence-corrected chi connectivity index (χ0v) is 17.2. The largest absolute Gasteiger partial charge is 0.481 e. The van der Waals surface area contributed by atoms with Gasteiger partial charge in [0.15, 0.2) is 11.6 Å². The number of fused-ring (bicyclic) bond motifs is 1. The number of nitrogens with one attached hydrogen (secondary N) is 2. The first-order valence-electron chi connectivity index (χ1n) is 10.2. The van der Waals surface area contributed by atoms with E-state index in [9.17, 15) is 9.18 Å². The highest BCUT2D eigenvalue weighted by atomic mass is 19.1. The Balaban J connectivity index is 1.74. The zero-order chi connectivity index (χ0) is 22.0. The van der Waals surface area contributed by atoms with Crippen molar-refractivity contribution in [3.05, 3.63) is 47.9 Å². The summed E-state index contributed by atoms with van der Waals surface area (Å²) in [4.78, 5) is 20.6. The van der Waals surface area contributed by atoms with Crippen LogP contribution in [-0.4, -0.2) is 35.1 Å². The summed E-state index contributed by atoms with van der Waals surface area (Å²) >= 11 is 0. The van der Waals surface area contributed by atoms with Crippen molar-refractivity contribution < 1.29 is 13.9 Å². The number of anilines is 3. The highest BCUT2D eigenvalue weighted by Crippen LogP contribution is 2.32. The monoisotopic (exact) mass is 424 g/mol. The summed E-state index contributed by atoms with van der Waals surface area (Å²) < 4.78 is 20.1. The molecular weight excluding hydrogens is 399 g/mol. The van der Waals surface area contributed by atoms with E-state index in [0.717, 1.165) is 42.5 Å². The molecule has 2 aromatic heterocycles. The second-order valence-electron chi connectivity index (χ2n) is 7.63. The van der Waals surface area contributed by atoms with Gasteiger partial charge in [-0.05, 0) is 25.0 Å². The number of ether oxygens (including phenoxy) is 1. The van der Waals surface area contributed by atoms with Crippen LogP contribution >= 0.6 is 0 Å². The van der Waals surface area contributed by atoms with E-state index in [1.165, 1.54) is 0 Å². The molecule has 31 heavy (non-hydrogen) atoms. The summed E-state index contributed by atoms with van der Waals surface area (Å²) in [6, 6.07) is 8.41. The molecule has 0 aliphatic heterocycles. The normalized spacial score (nSPS) is 18.5. The number of halogens is 1. The smallest absolute Gasteiger partial charge is 0.252 e. The average molecular weight is 424 g/mol. The molecule has 1 aliphatic carbocycles. The van der Waals surface area contributed by atoms with Crippen LogP contribution in [-0.2, 0) is 0 Å². The van der Waals surface area contributed by atoms with Crippen LogP contribution in [0.1, 0.15) is 36.0 Å². The summed E-state index contributed by atoms with van der Waals surface area (Å²) in [6.45, 7) is 0. The molecule has 0 radical (unpaired) electrons. The van der Waals surface area contributed by atoms with E-state index in [1.54, 1.807) is 13.3 Å². The van der Waals surface area contributed by atoms with Crippen molar-refractivity contribution in [3.8, 4) is 5.88 Å². The number of rotatable bonds is 6. The fraction of sp³-hybridized carbons (Fsp3) is 0.318. The molecule has 1 aromatic carbocycles. The van der Waals surface area contributed by atoms with Crippen LogP contribution in [0.5, 0.6) is 5.88 Å². The van der Waals surface area contributed by atoms with Gasteiger partial charge in [0, 0.05) is 22.9 Å². The Labute approximate surface area is 179 Å². The topological polar surface area (TPSA) is 128 Å². The lowest BCUT2D eigenvalue weighted by Crippen LogP contribution is -2.43. The first-order chi connectivity index (χ1) is 15.0. The number of primary amides is 1. The highest BCUT2D eigenvalue weighted by Gasteiger charge is 2.24. The van der Waals surface area contributed by atoms with Gasteiger partial charge in [0.05, 0.1) is 24.6 Å². The second-order valence-corrected chi connectivity index (χ2v) is 7.63. The number of nitrogens with two attached hydrogens (primary N) is 2. The molecule has 0 unspecified atom stereocenters. The molecule has 2 heterocycles. The summed E-state index contributed by atoms with van der Waals surface area (Å²) in [6.07, 6.45) is 5.34. The number of amides is 1. The van der Waals surface area contributed by atoms with Gasteiger partial charge >= 0.3 is 0 Å². The molecule has 1 fully saturated rings. The van der Waals surface area contributed by atoms with E-state index in [2.05, 4.69) is 20.6 Å². The van der Waals surface area contributed by atoms with Gasteiger partial charge in [-0.1, -0.05) is 31.0 Å². The Morgan fingerprint density at radius 2 is 1.94 bits per heavy atom. The molecule has 2 atom stereocenters. The van der Waals surface area contributed by atoms with Crippen molar-refractivity contribution in [1.82, 2.24) is 9.97 Å². The molecule has 1 amide bonds. The lowest BCUT2D eigenvalue weighted by molar-refractivity contribution is 0.100. The van der Waals surface area contributed by atoms with Crippen molar-refractivity contribution in [3.63, 3.8) is 0 Å². The van der Waals surface area contributed by atoms with Crippen molar-refractivity contribution in [2.75, 3.05) is 17.7 Å². The van der Waals surface area contributed by atoms with Crippen molar-refractivity contribution in [2.24, 2.45) is 11.5 Å². The number of hydrogen-bond acceptors (Lipinski definition) is 7. The number of nitrogens with zero attached hydrogens (tertiary/aromatic N) is 2. The maximum absolute atomic E-state index is 14.7. The lowest BCUT2D eigenvalue weighted by Gasteiger charge is -2.30. The minimum atomic E-state index is -0.791. The fourth-order valence-corrected chi connectivity index (χ4v) is 3.94. The fourth-order valence-electron chi connectivity index (χ4n) is 3.94. The first kappa shape index (κ1) is 20.8. The molecule has 0 spiro atoms. The maximum Gasteiger partial charge on any atom is 0.252 e. The van der Waals surface area contributed by atoms with Gasteiger partial charge in [-0.15, -0.1) is 0 Å². The second kappa shape index (κ2) is 8.73. The molecule has 1 aliphatic rings. The summed E-state index contributed by atoms with van der Waals surface area (Å²) in [7, 11) is 1.54. The Bertz CT molecular complexity index is 1120. The molecule has 0 bridgehead atoms. The van der Waals surface area contributed by atoms with Crippen LogP contribution in [0.3, 0.4) is 0 Å². The van der Waals surface area contributed by atoms with Gasteiger partial charge in [0.25, 0.3) is 5.91 Å². The number of pyridine rings is 2. The first-order valence-corrected chi connectivity index (χ1v) is 10.2. The van der Waals surface area contributed by atoms with E-state index in [-0.39, 0.29) is 29.3 Å². The third-order valence-electron chi connectivity index (χ3n) is 5.59. The van der Waals surface area contributed by atoms with Crippen LogP contribution in [0, 0.1) is 5.82 Å². The van der Waals surface area contributed by atoms with E-state index in [0.29, 0.717) is 11.6 Å². The lowest BCUT2D eigenvalue weighted by atomic mass is 9.91. The number of benzene rings is 1. The van der Waals surface area contributed by atoms with Gasteiger partial charge in [0.1, 0.15) is 5.82 Å². The molecular formula is C22H25FN6O2. The number of methoxy groups -OCH3 is 1. The van der Waals surface area contributed by atoms with Crippen molar-refractivity contribution in [1.29, 1.82) is 0 Å². The predicted octanol–water partition coefficient (Wildman–Crippen LogP) is 3.30. The summed E-state index contributed by atoms with van der Waals surface area (Å²) in [5, 5.41) is 7.79. The predicted molar refractivity (Wildman–Crippen MR) is 118 cm³/mol. The van der Waals surface area contributed by atoms with Gasteiger partial charge in [0.2, 0.25) is 5.88 Å². The van der Waals surface area contributed by atoms with Crippen LogP contribution in [0.25, 0.3) is 10.8 Å². The average Bonchev–Trinajstić information content (AvgIpc) is 2.77. The number of carbonyl (C=O) groups excluding carboxylic acids is 1. The third kappa shape index (κ3) is 4.22. The van der Waals surface area contributed by atoms with Gasteiger partial charge in [-0.2, -0.15) is 0 Å². The summed E-state index contributed by atoms with van der Waals surface area (Å²) in [5.41, 5.74) is 12.2. The van der Waals surface area contributed by atoms with Crippen molar-refractivity contribution >= 4 is 34.0 Å². The number of aromatic nitrogens is 2. The van der Waals surface area contributed by atoms with Crippen molar-refractivity contribution in [2.45, 2.75) is 37.8 Å². The van der Waals surface area contributed by atoms with Gasteiger partial charge < -0.3 is 26.8 Å². The van der Waals surface area contributed by atoms with E-state index >= 15 is 0 Å². The SMILES string of the molecule is COc1ncc(Nc2nc(N[C@@H]3CCCC[C@@H]3N)c(F)cc2C(N)=O)c2ccccc12. The van der Waals surface area contributed by atoms with Gasteiger partial charge in [-0.25, -0.2) is 14.4 Å². The molecule has 1 saturated carbocycles. The van der Waals surface area contributed by atoms with Crippen LogP contribution < -0.4 is 26.8 Å². The Kier molecular flexibility index (Phi) is 5.85. The van der Waals surface area contributed by atoms with E-state index in [1.807, 2.05) is 24.3 Å². The molecule has 9 heteroatoms. The maximum atomic E-state index is 14.7. The van der Waals surface area contributed by atoms with Crippen LogP contribution in [0.2, 0.25) is 0 Å². The molecule has 6 N–H and O–H groups in total. The van der Waals surface area contributed by atoms with Crippen LogP contribution in [0.4, 0.5) is 21.7 Å². The quantitative estimate of drug-likeness (QED) is 0.478. The van der Waals surface area contributed by atoms with Gasteiger partial charge in [-0.3, -0.25) is 4.79 Å². The molecule has 4 rings (SSSR count). The van der Waals surface area contributed by atoms with E-state index < -0.39 is 11.7 Å². The molecule has 3 aromatic rings. The Hall–Kier alpha value is -3.46. The molecule has 162 valence electrons.